The number of likely N-dealkylation sites (tertiary alicyclic amines) is 3. The summed E-state index contributed by atoms with van der Waals surface area (Å²) in [6.07, 6.45) is -2.86. The van der Waals surface area contributed by atoms with E-state index in [2.05, 4.69) is 23.4 Å². The third kappa shape index (κ3) is 6.43. The number of halogens is 6. The minimum absolute atomic E-state index is 0.0352. The van der Waals surface area contributed by atoms with Crippen LogP contribution in [0.4, 0.5) is 23.2 Å². The Hall–Kier alpha value is -2.60. The monoisotopic (exact) mass is 618 g/mol. The quantitative estimate of drug-likeness (QED) is 0.324. The first-order valence-corrected chi connectivity index (χ1v) is 13.9. The highest BCUT2D eigenvalue weighted by atomic mass is 35.5. The molecule has 3 fully saturated rings. The number of carbonyl (C=O) groups excluding carboxylic acids is 2. The van der Waals surface area contributed by atoms with E-state index in [-0.39, 0.29) is 54.2 Å². The highest BCUT2D eigenvalue weighted by Crippen LogP contribution is 2.40. The number of benzene rings is 1. The molecular weight excluding hydrogens is 587 g/mol. The summed E-state index contributed by atoms with van der Waals surface area (Å²) < 4.78 is 55.6. The number of hydrogen-bond donors (Lipinski definition) is 2. The van der Waals surface area contributed by atoms with Crippen LogP contribution in [-0.4, -0.2) is 100 Å². The predicted octanol–water partition coefficient (Wildman–Crippen LogP) is 4.77. The van der Waals surface area contributed by atoms with Gasteiger partial charge in [-0.25, -0.2) is 4.39 Å². The van der Waals surface area contributed by atoms with Gasteiger partial charge in [0.1, 0.15) is 5.67 Å². The first-order chi connectivity index (χ1) is 19.1. The first-order valence-electron chi connectivity index (χ1n) is 13.1. The minimum Gasteiger partial charge on any atom is -0.380 e. The van der Waals surface area contributed by atoms with E-state index in [0.717, 1.165) is 22.7 Å². The molecule has 3 aliphatic heterocycles. The van der Waals surface area contributed by atoms with E-state index in [4.69, 9.17) is 23.2 Å². The van der Waals surface area contributed by atoms with Crippen LogP contribution in [0.3, 0.4) is 0 Å². The Balaban J connectivity index is 1.29. The second kappa shape index (κ2) is 11.6. The van der Waals surface area contributed by atoms with Gasteiger partial charge in [0, 0.05) is 48.5 Å². The van der Waals surface area contributed by atoms with E-state index in [1.54, 1.807) is 18.2 Å². The molecule has 0 bridgehead atoms. The highest BCUT2D eigenvalue weighted by Gasteiger charge is 2.62. The van der Waals surface area contributed by atoms with Crippen molar-refractivity contribution in [2.45, 2.75) is 49.3 Å². The van der Waals surface area contributed by atoms with Crippen LogP contribution in [0.1, 0.15) is 30.1 Å². The van der Waals surface area contributed by atoms with Crippen molar-refractivity contribution in [3.63, 3.8) is 0 Å². The van der Waals surface area contributed by atoms with Gasteiger partial charge < -0.3 is 20.2 Å². The number of hydrogen-bond acceptors (Lipinski definition) is 5. The fourth-order valence-corrected chi connectivity index (χ4v) is 5.91. The molecular formula is C28H32Cl2F4N4O3. The van der Waals surface area contributed by atoms with Gasteiger partial charge in [0.2, 0.25) is 0 Å². The number of rotatable bonds is 8. The van der Waals surface area contributed by atoms with Crippen molar-refractivity contribution in [3.05, 3.63) is 64.7 Å². The second-order valence-electron chi connectivity index (χ2n) is 11.0. The van der Waals surface area contributed by atoms with Crippen LogP contribution in [-0.2, 0) is 4.79 Å². The Morgan fingerprint density at radius 1 is 1.17 bits per heavy atom. The summed E-state index contributed by atoms with van der Waals surface area (Å²) in [7, 11) is 0. The summed E-state index contributed by atoms with van der Waals surface area (Å²) in [5.74, 6) is -1.78. The molecule has 0 radical (unpaired) electrons. The number of nitrogens with one attached hydrogen (secondary N) is 1. The zero-order valence-electron chi connectivity index (χ0n) is 22.5. The van der Waals surface area contributed by atoms with Gasteiger partial charge in [0.15, 0.2) is 0 Å². The van der Waals surface area contributed by atoms with Crippen molar-refractivity contribution in [2.75, 3.05) is 44.6 Å². The Labute approximate surface area is 246 Å². The van der Waals surface area contributed by atoms with Gasteiger partial charge in [-0.15, -0.1) is 0 Å². The topological polar surface area (TPSA) is 76.1 Å². The molecule has 1 aromatic carbocycles. The van der Waals surface area contributed by atoms with Crippen LogP contribution < -0.4 is 5.32 Å². The van der Waals surface area contributed by atoms with Gasteiger partial charge >= 0.3 is 6.18 Å². The summed E-state index contributed by atoms with van der Waals surface area (Å²) in [5, 5.41) is 13.9. The molecule has 2 amide bonds. The van der Waals surface area contributed by atoms with Gasteiger partial charge in [-0.3, -0.25) is 14.5 Å². The fraction of sp³-hybridized carbons (Fsp3) is 0.500. The lowest BCUT2D eigenvalue weighted by atomic mass is 9.89. The molecule has 3 aliphatic rings. The molecule has 0 aromatic heterocycles. The maximum absolute atomic E-state index is 13.9. The molecule has 1 unspecified atom stereocenters. The van der Waals surface area contributed by atoms with Crippen molar-refractivity contribution in [2.24, 2.45) is 0 Å². The zero-order valence-corrected chi connectivity index (χ0v) is 24.0. The largest absolute Gasteiger partial charge is 0.430 e. The molecule has 2 N–H and O–H groups in total. The number of carbonyl (C=O) groups is 2. The van der Waals surface area contributed by atoms with Gasteiger partial charge in [-0.05, 0) is 44.0 Å². The van der Waals surface area contributed by atoms with Crippen LogP contribution in [0.25, 0.3) is 0 Å². The standard InChI is InChI=1S/C28H32Cl2F4N4O3/c1-4-18(11-17(2)29)27(41,28(32,33)34)25(40)36-9-7-21(8-10-36)37-13-20(14-37)35-19-5-6-22(23(30)12-19)24(39)38-15-26(3,31)16-38/h4-6,11-12,20-21,35,41H,1-2,7-10,13-16H2,3H3/b18-11+. The summed E-state index contributed by atoms with van der Waals surface area (Å²) in [6, 6.07) is 5.17. The normalized spacial score (nSPS) is 21.9. The minimum atomic E-state index is -5.29. The molecule has 224 valence electrons. The maximum Gasteiger partial charge on any atom is 0.430 e. The van der Waals surface area contributed by atoms with Gasteiger partial charge in [-0.1, -0.05) is 42.4 Å². The Kier molecular flexibility index (Phi) is 8.86. The first kappa shape index (κ1) is 31.3. The van der Waals surface area contributed by atoms with Crippen LogP contribution in [0.5, 0.6) is 0 Å². The van der Waals surface area contributed by atoms with E-state index in [0.29, 0.717) is 31.5 Å². The number of nitrogens with zero attached hydrogens (tertiary/aromatic N) is 3. The Bertz CT molecular complexity index is 1250. The molecule has 3 saturated heterocycles. The predicted molar refractivity (Wildman–Crippen MR) is 150 cm³/mol. The number of anilines is 1. The van der Waals surface area contributed by atoms with Gasteiger partial charge in [0.05, 0.1) is 29.7 Å². The molecule has 0 spiro atoms. The van der Waals surface area contributed by atoms with Crippen LogP contribution in [0.2, 0.25) is 5.02 Å². The molecule has 4 rings (SSSR count). The third-order valence-electron chi connectivity index (χ3n) is 7.75. The van der Waals surface area contributed by atoms with Gasteiger partial charge in [0.25, 0.3) is 17.4 Å². The Morgan fingerprint density at radius 2 is 1.78 bits per heavy atom. The summed E-state index contributed by atoms with van der Waals surface area (Å²) in [4.78, 5) is 30.1. The van der Waals surface area contributed by atoms with Crippen molar-refractivity contribution >= 4 is 40.7 Å². The van der Waals surface area contributed by atoms with E-state index < -0.39 is 28.9 Å². The summed E-state index contributed by atoms with van der Waals surface area (Å²) >= 11 is 12.0. The number of aliphatic hydroxyl groups is 1. The lowest BCUT2D eigenvalue weighted by molar-refractivity contribution is -0.242. The van der Waals surface area contributed by atoms with Crippen LogP contribution in [0, 0.1) is 0 Å². The lowest BCUT2D eigenvalue weighted by Gasteiger charge is -2.48. The van der Waals surface area contributed by atoms with E-state index in [1.165, 1.54) is 11.8 Å². The summed E-state index contributed by atoms with van der Waals surface area (Å²) in [5.41, 5.74) is -4.90. The molecule has 41 heavy (non-hydrogen) atoms. The van der Waals surface area contributed by atoms with Crippen molar-refractivity contribution < 1.29 is 32.3 Å². The second-order valence-corrected chi connectivity index (χ2v) is 11.9. The molecule has 0 saturated carbocycles. The number of amides is 2. The lowest BCUT2D eigenvalue weighted by Crippen LogP contribution is -2.63. The zero-order chi connectivity index (χ0) is 30.3. The van der Waals surface area contributed by atoms with E-state index in [9.17, 15) is 32.3 Å². The fourth-order valence-electron chi connectivity index (χ4n) is 5.53. The number of piperidine rings is 1. The average Bonchev–Trinajstić information content (AvgIpc) is 2.85. The smallest absolute Gasteiger partial charge is 0.380 e. The average molecular weight is 619 g/mol. The number of allylic oxidation sites excluding steroid dienone is 2. The molecule has 1 aromatic rings. The van der Waals surface area contributed by atoms with E-state index in [1.807, 2.05) is 0 Å². The third-order valence-corrected chi connectivity index (χ3v) is 8.17. The highest BCUT2D eigenvalue weighted by molar-refractivity contribution is 6.34. The van der Waals surface area contributed by atoms with Crippen molar-refractivity contribution in [1.82, 2.24) is 14.7 Å². The molecule has 3 heterocycles. The summed E-state index contributed by atoms with van der Waals surface area (Å²) in [6.45, 7) is 9.57. The van der Waals surface area contributed by atoms with Gasteiger partial charge in [-0.2, -0.15) is 13.2 Å². The van der Waals surface area contributed by atoms with Crippen LogP contribution in [0.15, 0.2) is 54.1 Å². The van der Waals surface area contributed by atoms with Crippen molar-refractivity contribution in [3.8, 4) is 0 Å². The van der Waals surface area contributed by atoms with Crippen LogP contribution >= 0.6 is 23.2 Å². The maximum atomic E-state index is 13.9. The van der Waals surface area contributed by atoms with Crippen molar-refractivity contribution in [1.29, 1.82) is 0 Å². The number of alkyl halides is 4. The van der Waals surface area contributed by atoms with E-state index >= 15 is 0 Å². The molecule has 13 heteroatoms. The molecule has 7 nitrogen and oxygen atoms in total. The molecule has 1 atom stereocenters. The Morgan fingerprint density at radius 3 is 2.27 bits per heavy atom. The SMILES string of the molecule is C=C/C(=C\C(=C)Cl)C(O)(C(=O)N1CCC(N2CC(Nc3ccc(C(=O)N4CC(C)(F)C4)c(Cl)c3)C2)CC1)C(F)(F)F. The molecule has 0 aliphatic carbocycles.